The molecule has 0 saturated carbocycles. The van der Waals surface area contributed by atoms with Crippen molar-refractivity contribution in [1.82, 2.24) is 19.8 Å². The van der Waals surface area contributed by atoms with Gasteiger partial charge >= 0.3 is 0 Å². The first-order valence-corrected chi connectivity index (χ1v) is 10.6. The third kappa shape index (κ3) is 3.31. The minimum absolute atomic E-state index is 0.0802. The lowest BCUT2D eigenvalue weighted by Crippen LogP contribution is -2.27. The van der Waals surface area contributed by atoms with E-state index in [1.165, 1.54) is 27.7 Å². The summed E-state index contributed by atoms with van der Waals surface area (Å²) in [6.45, 7) is 4.09. The standard InChI is InChI=1S/C26H26N4O/c1-17-4-7-23-21(14-17)22-16-29(3)13-10-24(22)30(23)25-15-19(26(31)27-2)5-6-20(25)18-8-11-28-12-9-18/h4-9,11-12,14-15H,10,13,16H2,1-3H3,(H,27,31). The Kier molecular flexibility index (Phi) is 4.83. The van der Waals surface area contributed by atoms with E-state index in [9.17, 15) is 4.79 Å². The Hall–Kier alpha value is -3.44. The molecule has 31 heavy (non-hydrogen) atoms. The van der Waals surface area contributed by atoms with Crippen molar-refractivity contribution in [2.75, 3.05) is 20.6 Å². The van der Waals surface area contributed by atoms with Gasteiger partial charge in [-0.05, 0) is 61.5 Å². The number of pyridine rings is 1. The molecule has 3 heterocycles. The molecule has 5 rings (SSSR count). The van der Waals surface area contributed by atoms with E-state index in [2.05, 4.69) is 58.0 Å². The molecule has 0 fully saturated rings. The molecule has 5 heteroatoms. The number of fused-ring (bicyclic) bond motifs is 3. The highest BCUT2D eigenvalue weighted by Crippen LogP contribution is 2.37. The van der Waals surface area contributed by atoms with Gasteiger partial charge in [0, 0.05) is 61.2 Å². The van der Waals surface area contributed by atoms with Gasteiger partial charge < -0.3 is 14.8 Å². The second-order valence-corrected chi connectivity index (χ2v) is 8.32. The van der Waals surface area contributed by atoms with Gasteiger partial charge in [-0.3, -0.25) is 9.78 Å². The number of carbonyl (C=O) groups is 1. The number of aryl methyl sites for hydroxylation is 1. The number of rotatable bonds is 3. The number of nitrogens with zero attached hydrogens (tertiary/aromatic N) is 3. The van der Waals surface area contributed by atoms with Gasteiger partial charge in [0.25, 0.3) is 5.91 Å². The molecule has 1 N–H and O–H groups in total. The molecule has 0 atom stereocenters. The molecule has 0 saturated heterocycles. The fourth-order valence-electron chi connectivity index (χ4n) is 4.66. The number of hydrogen-bond acceptors (Lipinski definition) is 3. The quantitative estimate of drug-likeness (QED) is 0.546. The number of aromatic nitrogens is 2. The zero-order valence-corrected chi connectivity index (χ0v) is 18.1. The maximum Gasteiger partial charge on any atom is 0.251 e. The van der Waals surface area contributed by atoms with Crippen molar-refractivity contribution in [3.8, 4) is 16.8 Å². The third-order valence-electron chi connectivity index (χ3n) is 6.21. The second-order valence-electron chi connectivity index (χ2n) is 8.32. The number of amides is 1. The lowest BCUT2D eigenvalue weighted by atomic mass is 10.0. The van der Waals surface area contributed by atoms with Crippen LogP contribution in [0.15, 0.2) is 60.9 Å². The maximum atomic E-state index is 12.5. The zero-order chi connectivity index (χ0) is 21.5. The minimum Gasteiger partial charge on any atom is -0.355 e. The zero-order valence-electron chi connectivity index (χ0n) is 18.1. The van der Waals surface area contributed by atoms with Crippen LogP contribution in [0.4, 0.5) is 0 Å². The summed E-state index contributed by atoms with van der Waals surface area (Å²) in [7, 11) is 3.85. The predicted octanol–water partition coefficient (Wildman–Crippen LogP) is 4.35. The smallest absolute Gasteiger partial charge is 0.251 e. The molecule has 0 aliphatic carbocycles. The molecule has 5 nitrogen and oxygen atoms in total. The average molecular weight is 411 g/mol. The van der Waals surface area contributed by atoms with Gasteiger partial charge in [-0.15, -0.1) is 0 Å². The lowest BCUT2D eigenvalue weighted by Gasteiger charge is -2.25. The fourth-order valence-corrected chi connectivity index (χ4v) is 4.66. The Morgan fingerprint density at radius 2 is 1.87 bits per heavy atom. The first kappa shape index (κ1) is 19.5. The van der Waals surface area contributed by atoms with Crippen molar-refractivity contribution >= 4 is 16.8 Å². The molecule has 0 bridgehead atoms. The normalized spacial score (nSPS) is 13.9. The van der Waals surface area contributed by atoms with Gasteiger partial charge in [-0.2, -0.15) is 0 Å². The fraction of sp³-hybridized carbons (Fsp3) is 0.231. The number of hydrogen-bond donors (Lipinski definition) is 1. The number of carbonyl (C=O) groups excluding carboxylic acids is 1. The first-order chi connectivity index (χ1) is 15.1. The number of benzene rings is 2. The van der Waals surface area contributed by atoms with Crippen LogP contribution in [-0.4, -0.2) is 41.0 Å². The van der Waals surface area contributed by atoms with Crippen LogP contribution in [0, 0.1) is 6.92 Å². The molecule has 1 amide bonds. The van der Waals surface area contributed by atoms with Crippen LogP contribution in [-0.2, 0) is 13.0 Å². The molecule has 2 aromatic carbocycles. The molecular weight excluding hydrogens is 384 g/mol. The Labute approximate surface area is 182 Å². The highest BCUT2D eigenvalue weighted by atomic mass is 16.1. The molecule has 156 valence electrons. The van der Waals surface area contributed by atoms with Crippen LogP contribution in [0.25, 0.3) is 27.7 Å². The van der Waals surface area contributed by atoms with E-state index in [4.69, 9.17) is 0 Å². The van der Waals surface area contributed by atoms with Crippen molar-refractivity contribution in [2.24, 2.45) is 0 Å². The van der Waals surface area contributed by atoms with E-state index in [-0.39, 0.29) is 5.91 Å². The van der Waals surface area contributed by atoms with Gasteiger partial charge in [0.1, 0.15) is 0 Å². The Bertz CT molecular complexity index is 1290. The molecule has 4 aromatic rings. The highest BCUT2D eigenvalue weighted by molar-refractivity contribution is 5.97. The van der Waals surface area contributed by atoms with E-state index in [1.807, 2.05) is 36.7 Å². The monoisotopic (exact) mass is 410 g/mol. The minimum atomic E-state index is -0.0802. The average Bonchev–Trinajstić information content (AvgIpc) is 3.11. The van der Waals surface area contributed by atoms with E-state index in [0.717, 1.165) is 36.3 Å². The van der Waals surface area contributed by atoms with Gasteiger partial charge in [-0.1, -0.05) is 17.7 Å². The molecule has 0 unspecified atom stereocenters. The van der Waals surface area contributed by atoms with Crippen LogP contribution in [0.3, 0.4) is 0 Å². The van der Waals surface area contributed by atoms with E-state index in [0.29, 0.717) is 5.56 Å². The molecule has 0 radical (unpaired) electrons. The van der Waals surface area contributed by atoms with Crippen LogP contribution in [0.2, 0.25) is 0 Å². The van der Waals surface area contributed by atoms with Crippen molar-refractivity contribution in [3.63, 3.8) is 0 Å². The van der Waals surface area contributed by atoms with Crippen LogP contribution >= 0.6 is 0 Å². The summed E-state index contributed by atoms with van der Waals surface area (Å²) in [6, 6.07) is 16.7. The topological polar surface area (TPSA) is 50.2 Å². The second kappa shape index (κ2) is 7.67. The first-order valence-electron chi connectivity index (χ1n) is 10.6. The van der Waals surface area contributed by atoms with Crippen LogP contribution in [0.1, 0.15) is 27.2 Å². The summed E-state index contributed by atoms with van der Waals surface area (Å²) in [5.74, 6) is -0.0802. The van der Waals surface area contributed by atoms with Gasteiger partial charge in [-0.25, -0.2) is 0 Å². The van der Waals surface area contributed by atoms with Crippen molar-refractivity contribution < 1.29 is 4.79 Å². The Balaban J connectivity index is 1.85. The van der Waals surface area contributed by atoms with Crippen LogP contribution in [0.5, 0.6) is 0 Å². The lowest BCUT2D eigenvalue weighted by molar-refractivity contribution is 0.0963. The maximum absolute atomic E-state index is 12.5. The largest absolute Gasteiger partial charge is 0.355 e. The number of nitrogens with one attached hydrogen (secondary N) is 1. The van der Waals surface area contributed by atoms with Crippen molar-refractivity contribution in [1.29, 1.82) is 0 Å². The van der Waals surface area contributed by atoms with E-state index >= 15 is 0 Å². The van der Waals surface area contributed by atoms with Crippen molar-refractivity contribution in [2.45, 2.75) is 19.9 Å². The molecule has 0 spiro atoms. The summed E-state index contributed by atoms with van der Waals surface area (Å²) >= 11 is 0. The van der Waals surface area contributed by atoms with E-state index in [1.54, 1.807) is 7.05 Å². The molecule has 2 aromatic heterocycles. The van der Waals surface area contributed by atoms with Gasteiger partial charge in [0.15, 0.2) is 0 Å². The SMILES string of the molecule is CNC(=O)c1ccc(-c2ccncc2)c(-n2c3c(c4cc(C)ccc42)CN(C)CC3)c1. The van der Waals surface area contributed by atoms with Crippen molar-refractivity contribution in [3.05, 3.63) is 83.3 Å². The number of likely N-dealkylation sites (N-methyl/N-ethyl adjacent to an activating group) is 1. The van der Waals surface area contributed by atoms with E-state index < -0.39 is 0 Å². The predicted molar refractivity (Wildman–Crippen MR) is 125 cm³/mol. The van der Waals surface area contributed by atoms with Gasteiger partial charge in [0.05, 0.1) is 11.2 Å². The Morgan fingerprint density at radius 3 is 2.65 bits per heavy atom. The van der Waals surface area contributed by atoms with Gasteiger partial charge in [0.2, 0.25) is 0 Å². The summed E-state index contributed by atoms with van der Waals surface area (Å²) in [5, 5.41) is 4.06. The summed E-state index contributed by atoms with van der Waals surface area (Å²) < 4.78 is 2.37. The van der Waals surface area contributed by atoms with Crippen LogP contribution < -0.4 is 5.32 Å². The highest BCUT2D eigenvalue weighted by Gasteiger charge is 2.25. The Morgan fingerprint density at radius 1 is 1.06 bits per heavy atom. The molecular formula is C26H26N4O. The molecule has 1 aliphatic heterocycles. The third-order valence-corrected chi connectivity index (χ3v) is 6.21. The summed E-state index contributed by atoms with van der Waals surface area (Å²) in [4.78, 5) is 19.0. The summed E-state index contributed by atoms with van der Waals surface area (Å²) in [5.41, 5.74) is 9.04. The molecule has 1 aliphatic rings. The summed E-state index contributed by atoms with van der Waals surface area (Å²) in [6.07, 6.45) is 4.60.